The molecule has 0 radical (unpaired) electrons. The second-order valence-corrected chi connectivity index (χ2v) is 12.1. The van der Waals surface area contributed by atoms with Crippen LogP contribution in [0.5, 0.6) is 0 Å². The fraction of sp³-hybridized carbons (Fsp3) is 0.571. The molecule has 0 aromatic heterocycles. The van der Waals surface area contributed by atoms with Gasteiger partial charge in [0.1, 0.15) is 5.82 Å². The molecule has 1 aromatic rings. The minimum Gasteiger partial charge on any atom is -0.385 e. The quantitative estimate of drug-likeness (QED) is 0.569. The minimum absolute atomic E-state index is 0.0106. The van der Waals surface area contributed by atoms with Gasteiger partial charge in [-0.05, 0) is 54.5 Å². The number of rotatable bonds is 7. The Balaban J connectivity index is 2.26. The zero-order valence-electron chi connectivity index (χ0n) is 18.6. The summed E-state index contributed by atoms with van der Waals surface area (Å²) < 4.78 is 37.0. The van der Waals surface area contributed by atoms with Gasteiger partial charge in [0.05, 0.1) is 12.0 Å². The first-order valence-electron chi connectivity index (χ1n) is 9.87. The van der Waals surface area contributed by atoms with Crippen LogP contribution in [0.3, 0.4) is 0 Å². The van der Waals surface area contributed by atoms with Gasteiger partial charge in [0.15, 0.2) is 14.6 Å². The van der Waals surface area contributed by atoms with Crippen LogP contribution in [0.2, 0.25) is 0 Å². The molecule has 0 spiro atoms. The van der Waals surface area contributed by atoms with Crippen LogP contribution in [0, 0.1) is 10.6 Å². The van der Waals surface area contributed by atoms with E-state index < -0.39 is 26.1 Å². The molecule has 0 saturated carbocycles. The molecule has 1 aromatic carbocycles. The first kappa shape index (κ1) is 24.7. The van der Waals surface area contributed by atoms with Crippen LogP contribution in [-0.2, 0) is 21.1 Å². The fourth-order valence-corrected chi connectivity index (χ4v) is 6.40. The number of aliphatic hydroxyl groups is 1. The second-order valence-electron chi connectivity index (χ2n) is 8.82. The lowest BCUT2D eigenvalue weighted by molar-refractivity contribution is -0.118. The highest BCUT2D eigenvalue weighted by Gasteiger charge is 2.37. The van der Waals surface area contributed by atoms with Gasteiger partial charge < -0.3 is 10.0 Å². The average Bonchev–Trinajstić information content (AvgIpc) is 2.98. The van der Waals surface area contributed by atoms with Crippen molar-refractivity contribution in [3.05, 3.63) is 45.7 Å². The van der Waals surface area contributed by atoms with Crippen molar-refractivity contribution in [2.75, 3.05) is 7.05 Å². The lowest BCUT2D eigenvalue weighted by Crippen LogP contribution is -2.41. The number of amides is 1. The molecule has 9 heteroatoms. The molecule has 1 aliphatic rings. The lowest BCUT2D eigenvalue weighted by atomic mass is 9.87. The van der Waals surface area contributed by atoms with Crippen LogP contribution in [-0.4, -0.2) is 37.5 Å². The van der Waals surface area contributed by atoms with Crippen molar-refractivity contribution >= 4 is 27.6 Å². The van der Waals surface area contributed by atoms with Crippen LogP contribution >= 0.6 is 11.8 Å². The van der Waals surface area contributed by atoms with E-state index in [-0.39, 0.29) is 24.1 Å². The number of carbonyl (C=O) groups excluding carboxylic acids is 1. The van der Waals surface area contributed by atoms with Crippen molar-refractivity contribution in [2.24, 2.45) is 0 Å². The highest BCUT2D eigenvalue weighted by atomic mass is 32.3. The van der Waals surface area contributed by atoms with E-state index in [1.54, 1.807) is 32.0 Å². The van der Waals surface area contributed by atoms with Crippen molar-refractivity contribution in [1.82, 2.24) is 9.62 Å². The van der Waals surface area contributed by atoms with Crippen LogP contribution in [0.25, 0.3) is 0 Å². The summed E-state index contributed by atoms with van der Waals surface area (Å²) in [7, 11) is -1.89. The number of halogens is 1. The summed E-state index contributed by atoms with van der Waals surface area (Å²) in [4.78, 5) is 15.0. The highest BCUT2D eigenvalue weighted by Crippen LogP contribution is 2.40. The second kappa shape index (κ2) is 8.88. The number of thioether (sulfide) groups is 1. The molecule has 1 amide bonds. The van der Waals surface area contributed by atoms with Gasteiger partial charge in [-0.25, -0.2) is 13.4 Å². The van der Waals surface area contributed by atoms with Crippen molar-refractivity contribution in [1.29, 1.82) is 4.78 Å². The van der Waals surface area contributed by atoms with Gasteiger partial charge in [-0.15, -0.1) is 0 Å². The Hall–Kier alpha value is -1.58. The van der Waals surface area contributed by atoms with E-state index in [0.29, 0.717) is 4.91 Å². The molecule has 6 nitrogen and oxygen atoms in total. The van der Waals surface area contributed by atoms with Crippen LogP contribution in [0.1, 0.15) is 70.1 Å². The molecule has 0 bridgehead atoms. The molecule has 1 heterocycles. The van der Waals surface area contributed by atoms with E-state index in [0.717, 1.165) is 28.5 Å². The third kappa shape index (κ3) is 5.56. The van der Waals surface area contributed by atoms with Crippen molar-refractivity contribution < 1.29 is 18.5 Å². The van der Waals surface area contributed by atoms with Gasteiger partial charge in [-0.2, -0.15) is 0 Å². The molecule has 0 fully saturated rings. The van der Waals surface area contributed by atoms with Crippen molar-refractivity contribution in [3.63, 3.8) is 0 Å². The molecular formula is C21H32FN3O3S2. The smallest absolute Gasteiger partial charge is 0.236 e. The largest absolute Gasteiger partial charge is 0.385 e. The Morgan fingerprint density at radius 3 is 2.20 bits per heavy atom. The van der Waals surface area contributed by atoms with Crippen LogP contribution in [0.15, 0.2) is 23.2 Å². The molecule has 168 valence electrons. The molecule has 3 N–H and O–H groups in total. The van der Waals surface area contributed by atoms with Gasteiger partial charge in [-0.3, -0.25) is 9.52 Å². The molecule has 0 aliphatic carbocycles. The Morgan fingerprint density at radius 2 is 1.80 bits per heavy atom. The molecule has 2 rings (SSSR count). The van der Waals surface area contributed by atoms with Gasteiger partial charge in [-0.1, -0.05) is 39.5 Å². The number of benzene rings is 1. The Morgan fingerprint density at radius 1 is 1.30 bits per heavy atom. The average molecular weight is 458 g/mol. The summed E-state index contributed by atoms with van der Waals surface area (Å²) in [5.41, 5.74) is 1.07. The van der Waals surface area contributed by atoms with Gasteiger partial charge in [0.2, 0.25) is 5.91 Å². The predicted molar refractivity (Wildman–Crippen MR) is 121 cm³/mol. The normalized spacial score (nSPS) is 19.2. The topological polar surface area (TPSA) is 93.5 Å². The van der Waals surface area contributed by atoms with E-state index in [2.05, 4.69) is 4.72 Å². The standard InChI is InChI=1S/C21H32FN3O3S2/c1-12(2)15-8-14(22)9-16(13(3)4)17(15)10-19(26)24-30(23,28)20-25(7)11-18(29-20)21(5,6)27/h8-9,11-13,20,27H,10H2,1-7H3,(H2,23,24,26,28). The zero-order valence-corrected chi connectivity index (χ0v) is 20.2. The molecule has 2 atom stereocenters. The fourth-order valence-electron chi connectivity index (χ4n) is 3.40. The Kier molecular flexibility index (Phi) is 7.31. The molecular weight excluding hydrogens is 425 g/mol. The van der Waals surface area contributed by atoms with E-state index in [1.807, 2.05) is 27.7 Å². The third-order valence-electron chi connectivity index (χ3n) is 4.90. The minimum atomic E-state index is -3.54. The maximum atomic E-state index is 14.1. The van der Waals surface area contributed by atoms with E-state index in [9.17, 15) is 18.5 Å². The van der Waals surface area contributed by atoms with Crippen molar-refractivity contribution in [2.45, 2.75) is 70.1 Å². The summed E-state index contributed by atoms with van der Waals surface area (Å²) in [5, 5.41) is 10.2. The summed E-state index contributed by atoms with van der Waals surface area (Å²) >= 11 is 1.11. The van der Waals surface area contributed by atoms with E-state index >= 15 is 0 Å². The maximum Gasteiger partial charge on any atom is 0.236 e. The summed E-state index contributed by atoms with van der Waals surface area (Å²) in [6, 6.07) is 2.88. The predicted octanol–water partition coefficient (Wildman–Crippen LogP) is 4.27. The number of hydrogen-bond donors (Lipinski definition) is 3. The molecule has 2 unspecified atom stereocenters. The van der Waals surface area contributed by atoms with E-state index in [4.69, 9.17) is 4.78 Å². The molecule has 30 heavy (non-hydrogen) atoms. The molecule has 0 saturated heterocycles. The lowest BCUT2D eigenvalue weighted by Gasteiger charge is -2.24. The number of carbonyl (C=O) groups is 1. The monoisotopic (exact) mass is 457 g/mol. The molecule has 1 aliphatic heterocycles. The summed E-state index contributed by atoms with van der Waals surface area (Å²) in [6.07, 6.45) is 1.56. The van der Waals surface area contributed by atoms with Crippen molar-refractivity contribution in [3.8, 4) is 0 Å². The number of nitrogens with one attached hydrogen (secondary N) is 2. The maximum absolute atomic E-state index is 14.1. The third-order valence-corrected chi connectivity index (χ3v) is 8.82. The zero-order chi connectivity index (χ0) is 23.0. The van der Waals surface area contributed by atoms with Gasteiger partial charge >= 0.3 is 0 Å². The highest BCUT2D eigenvalue weighted by molar-refractivity contribution is 8.15. The SMILES string of the molecule is CC(C)c1cc(F)cc(C(C)C)c1CC(=O)NS(=N)(=O)C1SC(C(C)(C)O)=CN1C. The van der Waals surface area contributed by atoms with Crippen LogP contribution < -0.4 is 4.72 Å². The number of hydrogen-bond acceptors (Lipinski definition) is 6. The first-order chi connectivity index (χ1) is 13.6. The first-order valence-corrected chi connectivity index (χ1v) is 12.4. The van der Waals surface area contributed by atoms with Crippen LogP contribution in [0.4, 0.5) is 4.39 Å². The summed E-state index contributed by atoms with van der Waals surface area (Å²) in [6.45, 7) is 11.0. The Bertz CT molecular complexity index is 922. The number of nitrogens with zero attached hydrogens (tertiary/aromatic N) is 1. The van der Waals surface area contributed by atoms with Gasteiger partial charge in [0.25, 0.3) is 0 Å². The Labute approximate surface area is 183 Å². The van der Waals surface area contributed by atoms with Gasteiger partial charge in [0, 0.05) is 18.2 Å². The summed E-state index contributed by atoms with van der Waals surface area (Å²) in [5.74, 6) is -0.867. The van der Waals surface area contributed by atoms with E-state index in [1.165, 1.54) is 12.1 Å².